The van der Waals surface area contributed by atoms with Gasteiger partial charge in [-0.05, 0) is 50.2 Å². The number of aromatic nitrogens is 1. The molecule has 2 aliphatic carbocycles. The Morgan fingerprint density at radius 1 is 1.00 bits per heavy atom. The van der Waals surface area contributed by atoms with Crippen LogP contribution in [0, 0.1) is 22.7 Å². The van der Waals surface area contributed by atoms with Crippen LogP contribution in [0.5, 0.6) is 0 Å². The second-order valence-electron chi connectivity index (χ2n) is 8.99. The van der Waals surface area contributed by atoms with E-state index in [2.05, 4.69) is 30.3 Å². The van der Waals surface area contributed by atoms with Gasteiger partial charge in [0.25, 0.3) is 0 Å². The van der Waals surface area contributed by atoms with Crippen molar-refractivity contribution in [1.82, 2.24) is 4.98 Å². The first-order valence-electron chi connectivity index (χ1n) is 11.7. The molecule has 0 amide bonds. The Labute approximate surface area is 204 Å². The van der Waals surface area contributed by atoms with Crippen LogP contribution in [-0.4, -0.2) is 19.1 Å². The number of nitrogens with zero attached hydrogens (tertiary/aromatic N) is 4. The van der Waals surface area contributed by atoms with Crippen molar-refractivity contribution in [3.8, 4) is 23.4 Å². The highest BCUT2D eigenvalue weighted by Gasteiger charge is 2.34. The Bertz CT molecular complexity index is 1330. The van der Waals surface area contributed by atoms with Crippen molar-refractivity contribution in [3.05, 3.63) is 74.6 Å². The lowest BCUT2D eigenvalue weighted by molar-refractivity contribution is 0.264. The van der Waals surface area contributed by atoms with Gasteiger partial charge in [0, 0.05) is 42.8 Å². The first-order valence-corrected chi connectivity index (χ1v) is 12.5. The zero-order valence-corrected chi connectivity index (χ0v) is 20.3. The Balaban J connectivity index is 1.67. The molecule has 0 unspecified atom stereocenters. The highest BCUT2D eigenvalue weighted by atomic mass is 32.1. The summed E-state index contributed by atoms with van der Waals surface area (Å²) in [6.45, 7) is 0. The first-order chi connectivity index (χ1) is 16.6. The predicted molar refractivity (Wildman–Crippen MR) is 136 cm³/mol. The molecule has 34 heavy (non-hydrogen) atoms. The second kappa shape index (κ2) is 9.33. The fourth-order valence-corrected chi connectivity index (χ4v) is 5.93. The van der Waals surface area contributed by atoms with Gasteiger partial charge in [-0.25, -0.2) is 4.98 Å². The SMILES string of the molecule is CN(C)c1nc(-c2ccccc2)c(/C=C2\CCCC3=C2OC2=C(CCCC2)C3=C(C#N)C#N)s1. The number of nitriles is 2. The van der Waals surface area contributed by atoms with Gasteiger partial charge in [-0.15, -0.1) is 0 Å². The number of ether oxygens (including phenoxy) is 1. The van der Waals surface area contributed by atoms with Crippen LogP contribution in [0.15, 0.2) is 69.7 Å². The van der Waals surface area contributed by atoms with Crippen molar-refractivity contribution < 1.29 is 4.74 Å². The van der Waals surface area contributed by atoms with E-state index in [1.807, 2.05) is 37.2 Å². The molecule has 0 fully saturated rings. The number of thiazole rings is 1. The second-order valence-corrected chi connectivity index (χ2v) is 9.99. The molecule has 0 saturated carbocycles. The van der Waals surface area contributed by atoms with Gasteiger partial charge in [-0.3, -0.25) is 0 Å². The standard InChI is InChI=1S/C28H26N4OS/c1-32(2)28-31-26(18-9-4-3-5-10-18)24(34-28)15-19-11-8-13-22-25(20(16-29)17-30)21-12-6-7-14-23(21)33-27(19)22/h3-5,9-10,15H,6-8,11-14H2,1-2H3/b19-15+. The summed E-state index contributed by atoms with van der Waals surface area (Å²) in [7, 11) is 4.02. The molecule has 1 aliphatic heterocycles. The Hall–Kier alpha value is -3.61. The van der Waals surface area contributed by atoms with Crippen molar-refractivity contribution in [2.24, 2.45) is 0 Å². The van der Waals surface area contributed by atoms with Crippen molar-refractivity contribution in [1.29, 1.82) is 10.5 Å². The normalized spacial score (nSPS) is 18.6. The van der Waals surface area contributed by atoms with Crippen LogP contribution < -0.4 is 4.90 Å². The lowest BCUT2D eigenvalue weighted by atomic mass is 9.78. The van der Waals surface area contributed by atoms with E-state index in [-0.39, 0.29) is 5.57 Å². The lowest BCUT2D eigenvalue weighted by Gasteiger charge is -2.34. The van der Waals surface area contributed by atoms with Gasteiger partial charge >= 0.3 is 0 Å². The van der Waals surface area contributed by atoms with Gasteiger partial charge in [0.15, 0.2) is 5.13 Å². The largest absolute Gasteiger partial charge is 0.461 e. The Morgan fingerprint density at radius 3 is 2.47 bits per heavy atom. The van der Waals surface area contributed by atoms with Crippen LogP contribution in [0.2, 0.25) is 0 Å². The fraction of sp³-hybridized carbons (Fsp3) is 0.321. The molecule has 0 atom stereocenters. The minimum Gasteiger partial charge on any atom is -0.461 e. The molecule has 0 N–H and O–H groups in total. The fourth-order valence-electron chi connectivity index (χ4n) is 4.95. The van der Waals surface area contributed by atoms with E-state index in [0.717, 1.165) is 100 Å². The van der Waals surface area contributed by atoms with Gasteiger partial charge < -0.3 is 9.64 Å². The molecule has 0 bridgehead atoms. The molecule has 6 heteroatoms. The molecular weight excluding hydrogens is 440 g/mol. The van der Waals surface area contributed by atoms with Crippen LogP contribution in [0.1, 0.15) is 49.8 Å². The number of rotatable bonds is 3. The van der Waals surface area contributed by atoms with Gasteiger partial charge in [0.1, 0.15) is 29.2 Å². The molecule has 3 aliphatic rings. The van der Waals surface area contributed by atoms with E-state index in [1.54, 1.807) is 11.3 Å². The molecule has 1 aromatic heterocycles. The molecule has 2 heterocycles. The summed E-state index contributed by atoms with van der Waals surface area (Å²) in [5.41, 5.74) is 6.32. The van der Waals surface area contributed by atoms with Crippen molar-refractivity contribution >= 4 is 22.5 Å². The molecule has 0 saturated heterocycles. The number of hydrogen-bond donors (Lipinski definition) is 0. The quantitative estimate of drug-likeness (QED) is 0.460. The first kappa shape index (κ1) is 22.2. The number of anilines is 1. The summed E-state index contributed by atoms with van der Waals surface area (Å²) < 4.78 is 6.56. The Kier molecular flexibility index (Phi) is 6.09. The van der Waals surface area contributed by atoms with Gasteiger partial charge in [0.2, 0.25) is 0 Å². The van der Waals surface area contributed by atoms with E-state index in [9.17, 15) is 10.5 Å². The summed E-state index contributed by atoms with van der Waals surface area (Å²) in [5.74, 6) is 1.79. The minimum absolute atomic E-state index is 0.212. The zero-order chi connectivity index (χ0) is 23.7. The summed E-state index contributed by atoms with van der Waals surface area (Å²) in [4.78, 5) is 8.05. The Morgan fingerprint density at radius 2 is 1.74 bits per heavy atom. The van der Waals surface area contributed by atoms with Crippen LogP contribution >= 0.6 is 11.3 Å². The van der Waals surface area contributed by atoms with E-state index in [1.165, 1.54) is 0 Å². The average molecular weight is 467 g/mol. The van der Waals surface area contributed by atoms with Crippen LogP contribution in [0.25, 0.3) is 17.3 Å². The molecule has 0 radical (unpaired) electrons. The number of allylic oxidation sites excluding steroid dienone is 6. The van der Waals surface area contributed by atoms with Gasteiger partial charge in [-0.2, -0.15) is 10.5 Å². The van der Waals surface area contributed by atoms with Crippen molar-refractivity contribution in [2.75, 3.05) is 19.0 Å². The topological polar surface area (TPSA) is 72.9 Å². The summed E-state index contributed by atoms with van der Waals surface area (Å²) >= 11 is 1.67. The maximum atomic E-state index is 9.73. The van der Waals surface area contributed by atoms with E-state index < -0.39 is 0 Å². The van der Waals surface area contributed by atoms with Crippen LogP contribution in [0.3, 0.4) is 0 Å². The third-order valence-corrected chi connectivity index (χ3v) is 7.71. The van der Waals surface area contributed by atoms with E-state index in [0.29, 0.717) is 0 Å². The van der Waals surface area contributed by atoms with Crippen molar-refractivity contribution in [3.63, 3.8) is 0 Å². The molecule has 170 valence electrons. The van der Waals surface area contributed by atoms with Crippen LogP contribution in [0.4, 0.5) is 5.13 Å². The van der Waals surface area contributed by atoms with E-state index >= 15 is 0 Å². The molecule has 1 aromatic carbocycles. The maximum Gasteiger partial charge on any atom is 0.185 e. The highest BCUT2D eigenvalue weighted by Crippen LogP contribution is 2.48. The average Bonchev–Trinajstić information content (AvgIpc) is 3.29. The third kappa shape index (κ3) is 3.95. The molecule has 5 nitrogen and oxygen atoms in total. The zero-order valence-electron chi connectivity index (χ0n) is 19.5. The maximum absolute atomic E-state index is 9.73. The monoisotopic (exact) mass is 466 g/mol. The lowest BCUT2D eigenvalue weighted by Crippen LogP contribution is -2.19. The minimum atomic E-state index is 0.212. The highest BCUT2D eigenvalue weighted by molar-refractivity contribution is 7.16. The summed E-state index contributed by atoms with van der Waals surface area (Å²) in [5, 5.41) is 20.4. The summed E-state index contributed by atoms with van der Waals surface area (Å²) in [6, 6.07) is 14.6. The smallest absolute Gasteiger partial charge is 0.185 e. The van der Waals surface area contributed by atoms with Crippen molar-refractivity contribution in [2.45, 2.75) is 44.9 Å². The number of benzene rings is 1. The third-order valence-electron chi connectivity index (χ3n) is 6.54. The molecule has 5 rings (SSSR count). The van der Waals surface area contributed by atoms with Crippen LogP contribution in [-0.2, 0) is 4.74 Å². The summed E-state index contributed by atoms with van der Waals surface area (Å²) in [6.07, 6.45) is 8.75. The van der Waals surface area contributed by atoms with Gasteiger partial charge in [0.05, 0.1) is 10.6 Å². The molecule has 0 spiro atoms. The molecule has 2 aromatic rings. The molecular formula is C28H26N4OS. The van der Waals surface area contributed by atoms with E-state index in [4.69, 9.17) is 9.72 Å². The number of hydrogen-bond acceptors (Lipinski definition) is 6. The van der Waals surface area contributed by atoms with Gasteiger partial charge in [-0.1, -0.05) is 41.7 Å². The predicted octanol–water partition coefficient (Wildman–Crippen LogP) is 6.90.